The van der Waals surface area contributed by atoms with Gasteiger partial charge in [-0.25, -0.2) is 0 Å². The summed E-state index contributed by atoms with van der Waals surface area (Å²) >= 11 is 0. The SMILES string of the molecule is c1ccc2c(c1)C/C(=C1\Cc3ccccc3N1)N2. The Morgan fingerprint density at radius 2 is 1.06 bits per heavy atom. The van der Waals surface area contributed by atoms with E-state index in [-0.39, 0.29) is 0 Å². The van der Waals surface area contributed by atoms with Gasteiger partial charge in [-0.3, -0.25) is 0 Å². The third-order valence-corrected chi connectivity index (χ3v) is 3.70. The minimum Gasteiger partial charge on any atom is -0.357 e. The van der Waals surface area contributed by atoms with Crippen molar-refractivity contribution in [2.45, 2.75) is 12.8 Å². The van der Waals surface area contributed by atoms with Crippen molar-refractivity contribution >= 4 is 11.4 Å². The smallest absolute Gasteiger partial charge is 0.0418 e. The fourth-order valence-electron chi connectivity index (χ4n) is 2.75. The van der Waals surface area contributed by atoms with Crippen LogP contribution in [0.4, 0.5) is 11.4 Å². The molecule has 18 heavy (non-hydrogen) atoms. The number of para-hydroxylation sites is 2. The van der Waals surface area contributed by atoms with E-state index < -0.39 is 0 Å². The summed E-state index contributed by atoms with van der Waals surface area (Å²) in [6, 6.07) is 17.0. The van der Waals surface area contributed by atoms with Gasteiger partial charge < -0.3 is 10.6 Å². The van der Waals surface area contributed by atoms with Gasteiger partial charge in [0.05, 0.1) is 0 Å². The van der Waals surface area contributed by atoms with Crippen LogP contribution in [-0.4, -0.2) is 0 Å². The Labute approximate surface area is 106 Å². The molecule has 0 saturated carbocycles. The number of rotatable bonds is 0. The molecule has 0 aliphatic carbocycles. The number of nitrogens with one attached hydrogen (secondary N) is 2. The zero-order valence-electron chi connectivity index (χ0n) is 10.0. The van der Waals surface area contributed by atoms with E-state index in [0.29, 0.717) is 0 Å². The molecule has 0 fully saturated rings. The number of benzene rings is 2. The van der Waals surface area contributed by atoms with Gasteiger partial charge in [0.1, 0.15) is 0 Å². The number of anilines is 2. The average Bonchev–Trinajstić information content (AvgIpc) is 3.02. The van der Waals surface area contributed by atoms with Crippen molar-refractivity contribution in [3.8, 4) is 0 Å². The van der Waals surface area contributed by atoms with Gasteiger partial charge in [-0.15, -0.1) is 0 Å². The molecule has 0 amide bonds. The van der Waals surface area contributed by atoms with E-state index in [1.54, 1.807) is 0 Å². The molecule has 0 radical (unpaired) electrons. The van der Waals surface area contributed by atoms with E-state index in [0.717, 1.165) is 12.8 Å². The van der Waals surface area contributed by atoms with Crippen LogP contribution >= 0.6 is 0 Å². The van der Waals surface area contributed by atoms with Crippen molar-refractivity contribution < 1.29 is 0 Å². The van der Waals surface area contributed by atoms with Crippen molar-refractivity contribution in [3.05, 3.63) is 71.1 Å². The largest absolute Gasteiger partial charge is 0.357 e. The van der Waals surface area contributed by atoms with Crippen LogP contribution in [0.3, 0.4) is 0 Å². The Kier molecular flexibility index (Phi) is 1.97. The molecule has 0 unspecified atom stereocenters. The maximum Gasteiger partial charge on any atom is 0.0418 e. The Bertz CT molecular complexity index is 544. The number of fused-ring (bicyclic) bond motifs is 2. The van der Waals surface area contributed by atoms with Crippen molar-refractivity contribution in [1.29, 1.82) is 0 Å². The zero-order chi connectivity index (χ0) is 11.9. The van der Waals surface area contributed by atoms with Crippen LogP contribution in [0.15, 0.2) is 59.9 Å². The van der Waals surface area contributed by atoms with Gasteiger partial charge in [-0.1, -0.05) is 36.4 Å². The van der Waals surface area contributed by atoms with Crippen molar-refractivity contribution in [1.82, 2.24) is 0 Å². The van der Waals surface area contributed by atoms with Crippen LogP contribution in [0.25, 0.3) is 0 Å². The second kappa shape index (κ2) is 3.64. The van der Waals surface area contributed by atoms with E-state index in [4.69, 9.17) is 0 Å². The molecule has 88 valence electrons. The normalized spacial score (nSPS) is 20.0. The highest BCUT2D eigenvalue weighted by molar-refractivity contribution is 5.68. The summed E-state index contributed by atoms with van der Waals surface area (Å²) in [7, 11) is 0. The highest BCUT2D eigenvalue weighted by Crippen LogP contribution is 2.34. The van der Waals surface area contributed by atoms with Gasteiger partial charge in [0.25, 0.3) is 0 Å². The fraction of sp³-hybridized carbons (Fsp3) is 0.125. The van der Waals surface area contributed by atoms with Gasteiger partial charge >= 0.3 is 0 Å². The first-order chi connectivity index (χ1) is 8.90. The monoisotopic (exact) mass is 234 g/mol. The second-order valence-corrected chi connectivity index (χ2v) is 4.87. The second-order valence-electron chi connectivity index (χ2n) is 4.87. The van der Waals surface area contributed by atoms with Crippen LogP contribution in [0, 0.1) is 0 Å². The lowest BCUT2D eigenvalue weighted by atomic mass is 10.1. The first-order valence-electron chi connectivity index (χ1n) is 6.32. The standard InChI is InChI=1S/C16H14N2/c1-3-7-13-11(5-1)9-15(17-13)16-10-12-6-2-4-8-14(12)18-16/h1-8,17-18H,9-10H2/b16-15-. The van der Waals surface area contributed by atoms with Crippen LogP contribution in [0.1, 0.15) is 11.1 Å². The molecule has 2 nitrogen and oxygen atoms in total. The summed E-state index contributed by atoms with van der Waals surface area (Å²) in [6.07, 6.45) is 2.01. The number of hydrogen-bond donors (Lipinski definition) is 2. The Morgan fingerprint density at radius 3 is 1.50 bits per heavy atom. The zero-order valence-corrected chi connectivity index (χ0v) is 10.0. The highest BCUT2D eigenvalue weighted by Gasteiger charge is 2.22. The molecule has 2 aliphatic rings. The molecule has 0 aromatic heterocycles. The number of allylic oxidation sites excluding steroid dienone is 2. The third kappa shape index (κ3) is 1.42. The summed E-state index contributed by atoms with van der Waals surface area (Å²) in [6.45, 7) is 0. The van der Waals surface area contributed by atoms with E-state index in [2.05, 4.69) is 59.2 Å². The Balaban J connectivity index is 1.70. The first kappa shape index (κ1) is 9.77. The lowest BCUT2D eigenvalue weighted by Gasteiger charge is -2.06. The molecule has 2 aromatic rings. The lowest BCUT2D eigenvalue weighted by Crippen LogP contribution is -2.03. The molecule has 0 atom stereocenters. The van der Waals surface area contributed by atoms with Crippen molar-refractivity contribution in [2.75, 3.05) is 10.6 Å². The minimum absolute atomic E-state index is 1.01. The summed E-state index contributed by atoms with van der Waals surface area (Å²) in [5.41, 5.74) is 7.89. The topological polar surface area (TPSA) is 24.1 Å². The van der Waals surface area contributed by atoms with Gasteiger partial charge in [0.15, 0.2) is 0 Å². The molecule has 2 aliphatic heterocycles. The minimum atomic E-state index is 1.01. The third-order valence-electron chi connectivity index (χ3n) is 3.70. The predicted octanol–water partition coefficient (Wildman–Crippen LogP) is 3.53. The molecule has 2 heterocycles. The first-order valence-corrected chi connectivity index (χ1v) is 6.32. The summed E-state index contributed by atoms with van der Waals surface area (Å²) < 4.78 is 0. The average molecular weight is 234 g/mol. The molecule has 2 heteroatoms. The Morgan fingerprint density at radius 1 is 0.611 bits per heavy atom. The van der Waals surface area contributed by atoms with Gasteiger partial charge in [0.2, 0.25) is 0 Å². The molecular weight excluding hydrogens is 220 g/mol. The molecule has 2 N–H and O–H groups in total. The predicted molar refractivity (Wildman–Crippen MR) is 74.6 cm³/mol. The molecule has 0 saturated heterocycles. The van der Waals surface area contributed by atoms with Crippen molar-refractivity contribution in [2.24, 2.45) is 0 Å². The maximum atomic E-state index is 3.53. The molecule has 4 rings (SSSR count). The highest BCUT2D eigenvalue weighted by atomic mass is 15.0. The molecular formula is C16H14N2. The number of hydrogen-bond acceptors (Lipinski definition) is 2. The molecule has 0 bridgehead atoms. The Hall–Kier alpha value is -2.22. The van der Waals surface area contributed by atoms with Crippen LogP contribution in [0.5, 0.6) is 0 Å². The lowest BCUT2D eigenvalue weighted by molar-refractivity contribution is 1.12. The van der Waals surface area contributed by atoms with Crippen LogP contribution in [-0.2, 0) is 12.8 Å². The van der Waals surface area contributed by atoms with Gasteiger partial charge in [-0.05, 0) is 23.3 Å². The van der Waals surface area contributed by atoms with E-state index in [1.807, 2.05) is 0 Å². The van der Waals surface area contributed by atoms with Crippen LogP contribution in [0.2, 0.25) is 0 Å². The van der Waals surface area contributed by atoms with Gasteiger partial charge in [0, 0.05) is 35.6 Å². The molecule has 0 spiro atoms. The van der Waals surface area contributed by atoms with E-state index >= 15 is 0 Å². The summed E-state index contributed by atoms with van der Waals surface area (Å²) in [5, 5.41) is 7.06. The maximum absolute atomic E-state index is 3.53. The van der Waals surface area contributed by atoms with Crippen LogP contribution < -0.4 is 10.6 Å². The molecule has 2 aromatic carbocycles. The quantitative estimate of drug-likeness (QED) is 0.728. The van der Waals surface area contributed by atoms with Gasteiger partial charge in [-0.2, -0.15) is 0 Å². The fourth-order valence-corrected chi connectivity index (χ4v) is 2.75. The summed E-state index contributed by atoms with van der Waals surface area (Å²) in [4.78, 5) is 0. The van der Waals surface area contributed by atoms with E-state index in [9.17, 15) is 0 Å². The van der Waals surface area contributed by atoms with E-state index in [1.165, 1.54) is 33.9 Å². The van der Waals surface area contributed by atoms with Crippen molar-refractivity contribution in [3.63, 3.8) is 0 Å². The summed E-state index contributed by atoms with van der Waals surface area (Å²) in [5.74, 6) is 0.